The fraction of sp³-hybridized carbons (Fsp3) is 0.750. The minimum atomic E-state index is -3.33. The number of hydrogen-bond acceptors (Lipinski definition) is 5. The predicted molar refractivity (Wildman–Crippen MR) is 94.4 cm³/mol. The lowest BCUT2D eigenvalue weighted by molar-refractivity contribution is -0.124. The smallest absolute Gasteiger partial charge is 0.225 e. The maximum atomic E-state index is 12.4. The fourth-order valence-electron chi connectivity index (χ4n) is 3.39. The van der Waals surface area contributed by atoms with Crippen LogP contribution in [0, 0.1) is 11.8 Å². The van der Waals surface area contributed by atoms with Crippen LogP contribution in [0.3, 0.4) is 0 Å². The van der Waals surface area contributed by atoms with Crippen LogP contribution < -0.4 is 15.4 Å². The number of nitrogens with zero attached hydrogens (tertiary/aromatic N) is 2. The normalized spacial score (nSPS) is 24.2. The van der Waals surface area contributed by atoms with Crippen molar-refractivity contribution in [1.29, 1.82) is 0 Å². The van der Waals surface area contributed by atoms with E-state index in [2.05, 4.69) is 20.5 Å². The van der Waals surface area contributed by atoms with Crippen molar-refractivity contribution in [2.45, 2.75) is 25.2 Å². The second kappa shape index (κ2) is 7.84. The third-order valence-electron chi connectivity index (χ3n) is 5.19. The lowest BCUT2D eigenvalue weighted by atomic mass is 9.86. The van der Waals surface area contributed by atoms with E-state index in [0.29, 0.717) is 19.0 Å². The molecule has 140 valence electrons. The molecule has 1 saturated carbocycles. The Kier molecular flexibility index (Phi) is 5.75. The van der Waals surface area contributed by atoms with Crippen LogP contribution in [0.2, 0.25) is 0 Å². The second-order valence-corrected chi connectivity index (χ2v) is 9.00. The number of carbonyl (C=O) groups excluding carboxylic acids is 1. The van der Waals surface area contributed by atoms with Crippen molar-refractivity contribution in [3.63, 3.8) is 0 Å². The van der Waals surface area contributed by atoms with Gasteiger partial charge in [0.2, 0.25) is 15.9 Å². The molecule has 1 aromatic rings. The Morgan fingerprint density at radius 1 is 1.40 bits per heavy atom. The summed E-state index contributed by atoms with van der Waals surface area (Å²) < 4.78 is 28.3. The van der Waals surface area contributed by atoms with Crippen LogP contribution in [0.25, 0.3) is 0 Å². The monoisotopic (exact) mass is 369 g/mol. The number of aromatic nitrogens is 2. The lowest BCUT2D eigenvalue weighted by Gasteiger charge is -2.25. The first-order chi connectivity index (χ1) is 11.9. The van der Waals surface area contributed by atoms with Gasteiger partial charge in [-0.15, -0.1) is 0 Å². The van der Waals surface area contributed by atoms with Crippen LogP contribution in [-0.4, -0.2) is 56.0 Å². The van der Waals surface area contributed by atoms with Gasteiger partial charge in [-0.05, 0) is 24.3 Å². The molecule has 9 heteroatoms. The zero-order chi connectivity index (χ0) is 17.9. The van der Waals surface area contributed by atoms with Crippen LogP contribution in [0.4, 0.5) is 0 Å². The molecule has 0 unspecified atom stereocenters. The van der Waals surface area contributed by atoms with Gasteiger partial charge in [-0.25, -0.2) is 13.1 Å². The van der Waals surface area contributed by atoms with Crippen molar-refractivity contribution in [3.8, 4) is 0 Å². The van der Waals surface area contributed by atoms with Crippen molar-refractivity contribution in [2.75, 3.05) is 31.9 Å². The van der Waals surface area contributed by atoms with Gasteiger partial charge in [0.25, 0.3) is 0 Å². The van der Waals surface area contributed by atoms with Gasteiger partial charge >= 0.3 is 0 Å². The molecule has 2 atom stereocenters. The van der Waals surface area contributed by atoms with E-state index in [1.165, 1.54) is 6.42 Å². The van der Waals surface area contributed by atoms with Gasteiger partial charge in [-0.1, -0.05) is 6.42 Å². The van der Waals surface area contributed by atoms with E-state index in [-0.39, 0.29) is 30.0 Å². The Labute approximate surface area is 148 Å². The fourth-order valence-corrected chi connectivity index (χ4v) is 4.39. The minimum Gasteiger partial charge on any atom is -0.355 e. The molecule has 2 heterocycles. The largest absolute Gasteiger partial charge is 0.355 e. The summed E-state index contributed by atoms with van der Waals surface area (Å²) in [5, 5.41) is 10.2. The Morgan fingerprint density at radius 2 is 2.20 bits per heavy atom. The molecule has 0 radical (unpaired) electrons. The summed E-state index contributed by atoms with van der Waals surface area (Å²) in [6, 6.07) is 0. The summed E-state index contributed by atoms with van der Waals surface area (Å²) >= 11 is 0. The van der Waals surface area contributed by atoms with Gasteiger partial charge < -0.3 is 10.6 Å². The summed E-state index contributed by atoms with van der Waals surface area (Å²) in [5.41, 5.74) is 1.03. The molecule has 3 N–H and O–H groups in total. The Morgan fingerprint density at radius 3 is 2.84 bits per heavy atom. The highest BCUT2D eigenvalue weighted by molar-refractivity contribution is 7.89. The van der Waals surface area contributed by atoms with Crippen LogP contribution >= 0.6 is 0 Å². The van der Waals surface area contributed by atoms with Gasteiger partial charge in [-0.3, -0.25) is 9.48 Å². The van der Waals surface area contributed by atoms with Crippen LogP contribution in [0.15, 0.2) is 12.4 Å². The van der Waals surface area contributed by atoms with Crippen LogP contribution in [-0.2, 0) is 21.9 Å². The van der Waals surface area contributed by atoms with E-state index in [0.717, 1.165) is 24.9 Å². The molecule has 0 spiro atoms. The maximum absolute atomic E-state index is 12.4. The van der Waals surface area contributed by atoms with Gasteiger partial charge in [0.15, 0.2) is 0 Å². The van der Waals surface area contributed by atoms with Crippen molar-refractivity contribution in [2.24, 2.45) is 18.9 Å². The molecule has 1 aliphatic heterocycles. The van der Waals surface area contributed by atoms with Gasteiger partial charge in [0.1, 0.15) is 0 Å². The van der Waals surface area contributed by atoms with Gasteiger partial charge in [-0.2, -0.15) is 5.10 Å². The molecule has 8 nitrogen and oxygen atoms in total. The van der Waals surface area contributed by atoms with Crippen LogP contribution in [0.1, 0.15) is 30.7 Å². The molecule has 2 fully saturated rings. The van der Waals surface area contributed by atoms with Crippen molar-refractivity contribution in [1.82, 2.24) is 25.1 Å². The Bertz CT molecular complexity index is 698. The third-order valence-corrected chi connectivity index (χ3v) is 6.54. The van der Waals surface area contributed by atoms with E-state index in [1.807, 2.05) is 13.2 Å². The topological polar surface area (TPSA) is 105 Å². The van der Waals surface area contributed by atoms with E-state index < -0.39 is 10.0 Å². The molecule has 1 saturated heterocycles. The summed E-state index contributed by atoms with van der Waals surface area (Å²) in [7, 11) is -1.48. The van der Waals surface area contributed by atoms with Crippen molar-refractivity contribution >= 4 is 15.9 Å². The first kappa shape index (κ1) is 18.3. The number of hydrogen-bond donors (Lipinski definition) is 3. The van der Waals surface area contributed by atoms with Gasteiger partial charge in [0, 0.05) is 45.3 Å². The standard InChI is InChI=1S/C16H27N5O3S/c1-21-11-13(8-19-21)14-9-17-10-15(14)16(22)18-5-6-25(23,24)20-7-12-3-2-4-12/h8,11-12,14-15,17,20H,2-7,9-10H2,1H3,(H,18,22)/t14-,15+/m1/s1. The summed E-state index contributed by atoms with van der Waals surface area (Å²) in [6.07, 6.45) is 7.10. The molecular formula is C16H27N5O3S. The molecule has 3 rings (SSSR count). The molecule has 1 aromatic heterocycles. The van der Waals surface area contributed by atoms with E-state index in [9.17, 15) is 13.2 Å². The third kappa shape index (κ3) is 4.80. The summed E-state index contributed by atoms with van der Waals surface area (Å²) in [6.45, 7) is 1.98. The zero-order valence-corrected chi connectivity index (χ0v) is 15.4. The molecule has 1 amide bonds. The first-order valence-electron chi connectivity index (χ1n) is 8.89. The average Bonchev–Trinajstić information content (AvgIpc) is 3.13. The Hall–Kier alpha value is -1.45. The minimum absolute atomic E-state index is 0.0713. The van der Waals surface area contributed by atoms with E-state index in [4.69, 9.17) is 0 Å². The summed E-state index contributed by atoms with van der Waals surface area (Å²) in [4.78, 5) is 12.4. The van der Waals surface area contributed by atoms with Crippen LogP contribution in [0.5, 0.6) is 0 Å². The first-order valence-corrected chi connectivity index (χ1v) is 10.5. The summed E-state index contributed by atoms with van der Waals surface area (Å²) in [5.74, 6) is 0.169. The maximum Gasteiger partial charge on any atom is 0.225 e. The average molecular weight is 369 g/mol. The molecule has 0 bridgehead atoms. The highest BCUT2D eigenvalue weighted by Crippen LogP contribution is 2.28. The second-order valence-electron chi connectivity index (χ2n) is 7.07. The number of carbonyl (C=O) groups is 1. The molecular weight excluding hydrogens is 342 g/mol. The van der Waals surface area contributed by atoms with Gasteiger partial charge in [0.05, 0.1) is 17.9 Å². The highest BCUT2D eigenvalue weighted by Gasteiger charge is 2.34. The molecule has 2 aliphatic rings. The lowest BCUT2D eigenvalue weighted by Crippen LogP contribution is -2.40. The van der Waals surface area contributed by atoms with Crippen molar-refractivity contribution in [3.05, 3.63) is 18.0 Å². The number of aryl methyl sites for hydroxylation is 1. The SMILES string of the molecule is Cn1cc([C@H]2CNC[C@@H]2C(=O)NCCS(=O)(=O)NCC2CCC2)cn1. The number of sulfonamides is 1. The van der Waals surface area contributed by atoms with E-state index >= 15 is 0 Å². The van der Waals surface area contributed by atoms with E-state index in [1.54, 1.807) is 10.9 Å². The molecule has 1 aliphatic carbocycles. The predicted octanol–water partition coefficient (Wildman–Crippen LogP) is -0.441. The number of nitrogens with one attached hydrogen (secondary N) is 3. The Balaban J connectivity index is 1.45. The highest BCUT2D eigenvalue weighted by atomic mass is 32.2. The number of amides is 1. The zero-order valence-electron chi connectivity index (χ0n) is 14.6. The molecule has 0 aromatic carbocycles. The quantitative estimate of drug-likeness (QED) is 0.576. The van der Waals surface area contributed by atoms with Crippen molar-refractivity contribution < 1.29 is 13.2 Å². The molecule has 25 heavy (non-hydrogen) atoms. The number of rotatable bonds is 8.